The van der Waals surface area contributed by atoms with Crippen molar-refractivity contribution in [3.63, 3.8) is 0 Å². The smallest absolute Gasteiger partial charge is 0.243 e. The number of amides is 1. The lowest BCUT2D eigenvalue weighted by Gasteiger charge is -2.31. The zero-order valence-corrected chi connectivity index (χ0v) is 18.2. The normalized spacial score (nSPS) is 15.8. The van der Waals surface area contributed by atoms with Crippen LogP contribution < -0.4 is 10.1 Å². The van der Waals surface area contributed by atoms with E-state index in [0.29, 0.717) is 49.8 Å². The van der Waals surface area contributed by atoms with Gasteiger partial charge in [-0.25, -0.2) is 8.42 Å². The second kappa shape index (κ2) is 10.0. The first-order valence-corrected chi connectivity index (χ1v) is 11.6. The Morgan fingerprint density at radius 1 is 1.23 bits per heavy atom. The van der Waals surface area contributed by atoms with Gasteiger partial charge >= 0.3 is 0 Å². The van der Waals surface area contributed by atoms with Gasteiger partial charge < -0.3 is 14.6 Å². The minimum atomic E-state index is -3.55. The highest BCUT2D eigenvalue weighted by Crippen LogP contribution is 2.23. The number of piperidine rings is 1. The number of aromatic nitrogens is 2. The van der Waals surface area contributed by atoms with E-state index < -0.39 is 10.0 Å². The minimum absolute atomic E-state index is 0.0434. The molecule has 1 aromatic carbocycles. The molecule has 0 radical (unpaired) electrons. The Bertz CT molecular complexity index is 934. The molecule has 1 aliphatic heterocycles. The van der Waals surface area contributed by atoms with Crippen LogP contribution in [0.3, 0.4) is 0 Å². The van der Waals surface area contributed by atoms with E-state index in [1.807, 2.05) is 6.92 Å². The van der Waals surface area contributed by atoms with Gasteiger partial charge in [-0.15, -0.1) is 0 Å². The number of nitrogens with one attached hydrogen (secondary N) is 1. The number of carbonyl (C=O) groups excluding carboxylic acids is 1. The van der Waals surface area contributed by atoms with Gasteiger partial charge in [-0.2, -0.15) is 9.29 Å². The quantitative estimate of drug-likeness (QED) is 0.639. The maximum absolute atomic E-state index is 12.8. The molecule has 30 heavy (non-hydrogen) atoms. The number of nitrogens with zero attached hydrogens (tertiary/aromatic N) is 3. The van der Waals surface area contributed by atoms with Crippen molar-refractivity contribution in [2.45, 2.75) is 56.4 Å². The summed E-state index contributed by atoms with van der Waals surface area (Å²) in [5.41, 5.74) is 0. The lowest BCUT2D eigenvalue weighted by atomic mass is 10.1. The first-order valence-electron chi connectivity index (χ1n) is 10.2. The van der Waals surface area contributed by atoms with Crippen molar-refractivity contribution >= 4 is 15.9 Å². The Balaban J connectivity index is 1.45. The number of hydrogen-bond donors (Lipinski definition) is 1. The first-order chi connectivity index (χ1) is 14.4. The highest BCUT2D eigenvalue weighted by atomic mass is 32.2. The third-order valence-corrected chi connectivity index (χ3v) is 6.98. The maximum atomic E-state index is 12.8. The lowest BCUT2D eigenvalue weighted by molar-refractivity contribution is -0.122. The van der Waals surface area contributed by atoms with Gasteiger partial charge in [-0.1, -0.05) is 12.1 Å². The number of carbonyl (C=O) groups is 1. The fourth-order valence-corrected chi connectivity index (χ4v) is 4.84. The van der Waals surface area contributed by atoms with Crippen LogP contribution in [0.4, 0.5) is 0 Å². The van der Waals surface area contributed by atoms with E-state index in [0.717, 1.165) is 12.8 Å². The average Bonchev–Trinajstić information content (AvgIpc) is 3.20. The monoisotopic (exact) mass is 436 g/mol. The second-order valence-electron chi connectivity index (χ2n) is 7.28. The largest absolute Gasteiger partial charge is 0.497 e. The summed E-state index contributed by atoms with van der Waals surface area (Å²) in [6, 6.07) is 6.32. The SMILES string of the molecule is CCCc1noc(CCC(=O)NC2CCN(S(=O)(=O)c3ccc(OC)cc3)CC2)n1. The van der Waals surface area contributed by atoms with Crippen LogP contribution in [0.5, 0.6) is 5.75 Å². The van der Waals surface area contributed by atoms with Crippen molar-refractivity contribution in [1.29, 1.82) is 0 Å². The Morgan fingerprint density at radius 3 is 2.57 bits per heavy atom. The van der Waals surface area contributed by atoms with Crippen LogP contribution in [0.25, 0.3) is 0 Å². The van der Waals surface area contributed by atoms with Crippen LogP contribution in [0.2, 0.25) is 0 Å². The van der Waals surface area contributed by atoms with Gasteiger partial charge in [-0.05, 0) is 43.5 Å². The predicted molar refractivity (Wildman–Crippen MR) is 110 cm³/mol. The molecule has 1 N–H and O–H groups in total. The van der Waals surface area contributed by atoms with Gasteiger partial charge in [0.1, 0.15) is 5.75 Å². The molecule has 2 heterocycles. The van der Waals surface area contributed by atoms with E-state index in [1.54, 1.807) is 24.3 Å². The summed E-state index contributed by atoms with van der Waals surface area (Å²) >= 11 is 0. The maximum Gasteiger partial charge on any atom is 0.243 e. The molecule has 0 atom stereocenters. The molecule has 1 amide bonds. The number of ether oxygens (including phenoxy) is 1. The molecule has 3 rings (SSSR count). The third-order valence-electron chi connectivity index (χ3n) is 5.07. The van der Waals surface area contributed by atoms with Gasteiger partial charge in [0.25, 0.3) is 0 Å². The summed E-state index contributed by atoms with van der Waals surface area (Å²) < 4.78 is 37.3. The summed E-state index contributed by atoms with van der Waals surface area (Å²) in [5.74, 6) is 1.64. The fourth-order valence-electron chi connectivity index (χ4n) is 3.37. The number of sulfonamides is 1. The van der Waals surface area contributed by atoms with E-state index in [-0.39, 0.29) is 23.3 Å². The number of rotatable bonds is 9. The highest BCUT2D eigenvalue weighted by Gasteiger charge is 2.30. The Kier molecular flexibility index (Phi) is 7.43. The van der Waals surface area contributed by atoms with Crippen LogP contribution >= 0.6 is 0 Å². The van der Waals surface area contributed by atoms with Crippen LogP contribution in [0, 0.1) is 0 Å². The average molecular weight is 437 g/mol. The zero-order chi connectivity index (χ0) is 21.6. The van der Waals surface area contributed by atoms with Crippen LogP contribution in [0.15, 0.2) is 33.7 Å². The molecule has 1 aromatic heterocycles. The van der Waals surface area contributed by atoms with Crippen molar-refractivity contribution in [2.24, 2.45) is 0 Å². The number of aryl methyl sites for hydroxylation is 2. The molecule has 1 fully saturated rings. The predicted octanol–water partition coefficient (Wildman–Crippen LogP) is 1.93. The molecular weight excluding hydrogens is 408 g/mol. The van der Waals surface area contributed by atoms with Crippen molar-refractivity contribution in [2.75, 3.05) is 20.2 Å². The van der Waals surface area contributed by atoms with Crippen molar-refractivity contribution < 1.29 is 22.5 Å². The Labute approximate surface area is 176 Å². The van der Waals surface area contributed by atoms with Crippen LogP contribution in [-0.2, 0) is 27.7 Å². The fraction of sp³-hybridized carbons (Fsp3) is 0.550. The molecule has 1 aliphatic rings. The highest BCUT2D eigenvalue weighted by molar-refractivity contribution is 7.89. The molecule has 9 nitrogen and oxygen atoms in total. The van der Waals surface area contributed by atoms with Gasteiger partial charge in [0.05, 0.1) is 12.0 Å². The topological polar surface area (TPSA) is 115 Å². The number of hydrogen-bond acceptors (Lipinski definition) is 7. The number of benzene rings is 1. The summed E-state index contributed by atoms with van der Waals surface area (Å²) in [5, 5.41) is 6.86. The molecule has 10 heteroatoms. The second-order valence-corrected chi connectivity index (χ2v) is 9.21. The molecule has 0 saturated carbocycles. The molecule has 0 unspecified atom stereocenters. The Morgan fingerprint density at radius 2 is 1.93 bits per heavy atom. The molecule has 0 spiro atoms. The first kappa shape index (κ1) is 22.2. The van der Waals surface area contributed by atoms with E-state index in [2.05, 4.69) is 15.5 Å². The van der Waals surface area contributed by atoms with E-state index in [1.165, 1.54) is 11.4 Å². The van der Waals surface area contributed by atoms with E-state index in [9.17, 15) is 13.2 Å². The van der Waals surface area contributed by atoms with Crippen molar-refractivity contribution in [3.05, 3.63) is 36.0 Å². The van der Waals surface area contributed by atoms with Gasteiger partial charge in [0.15, 0.2) is 5.82 Å². The minimum Gasteiger partial charge on any atom is -0.497 e. The molecule has 2 aromatic rings. The number of methoxy groups -OCH3 is 1. The molecule has 1 saturated heterocycles. The summed E-state index contributed by atoms with van der Waals surface area (Å²) in [6.45, 7) is 2.77. The van der Waals surface area contributed by atoms with Gasteiger partial charge in [0, 0.05) is 38.4 Å². The van der Waals surface area contributed by atoms with Crippen molar-refractivity contribution in [1.82, 2.24) is 19.8 Å². The third kappa shape index (κ3) is 5.57. The summed E-state index contributed by atoms with van der Waals surface area (Å²) in [7, 11) is -2.01. The van der Waals surface area contributed by atoms with Crippen LogP contribution in [0.1, 0.15) is 44.3 Å². The summed E-state index contributed by atoms with van der Waals surface area (Å²) in [6.07, 6.45) is 3.50. The summed E-state index contributed by atoms with van der Waals surface area (Å²) in [4.78, 5) is 16.7. The van der Waals surface area contributed by atoms with E-state index in [4.69, 9.17) is 9.26 Å². The van der Waals surface area contributed by atoms with Gasteiger partial charge in [0.2, 0.25) is 21.8 Å². The van der Waals surface area contributed by atoms with Gasteiger partial charge in [-0.3, -0.25) is 4.79 Å². The molecule has 0 bridgehead atoms. The molecule has 0 aliphatic carbocycles. The lowest BCUT2D eigenvalue weighted by Crippen LogP contribution is -2.46. The van der Waals surface area contributed by atoms with E-state index >= 15 is 0 Å². The molecule has 164 valence electrons. The molecular formula is C20H28N4O5S. The van der Waals surface area contributed by atoms with Crippen molar-refractivity contribution in [3.8, 4) is 5.75 Å². The zero-order valence-electron chi connectivity index (χ0n) is 17.3. The van der Waals surface area contributed by atoms with Crippen LogP contribution in [-0.4, -0.2) is 55.0 Å². The standard InChI is InChI=1S/C20H28N4O5S/c1-3-4-18-22-20(29-23-18)10-9-19(25)21-15-11-13-24(14-12-15)30(26,27)17-7-5-16(28-2)6-8-17/h5-8,15H,3-4,9-14H2,1-2H3,(H,21,25). The Hall–Kier alpha value is -2.46.